The van der Waals surface area contributed by atoms with Gasteiger partial charge in [-0.1, -0.05) is 26.2 Å². The lowest BCUT2D eigenvalue weighted by Gasteiger charge is -2.23. The predicted molar refractivity (Wildman–Crippen MR) is 107 cm³/mol. The summed E-state index contributed by atoms with van der Waals surface area (Å²) in [4.78, 5) is 26.3. The van der Waals surface area contributed by atoms with Crippen LogP contribution in [0.15, 0.2) is 35.4 Å². The van der Waals surface area contributed by atoms with Crippen molar-refractivity contribution < 1.29 is 13.2 Å². The number of aromatic nitrogens is 4. The van der Waals surface area contributed by atoms with Gasteiger partial charge >= 0.3 is 6.18 Å². The minimum Gasteiger partial charge on any atom is -0.285 e. The highest BCUT2D eigenvalue weighted by Gasteiger charge is 2.34. The van der Waals surface area contributed by atoms with E-state index in [2.05, 4.69) is 15.0 Å². The summed E-state index contributed by atoms with van der Waals surface area (Å²) in [5.41, 5.74) is 0.883. The molecule has 158 valence electrons. The van der Waals surface area contributed by atoms with Crippen molar-refractivity contribution in [2.24, 2.45) is 0 Å². The highest BCUT2D eigenvalue weighted by molar-refractivity contribution is 5.71. The van der Waals surface area contributed by atoms with Gasteiger partial charge in [0.1, 0.15) is 5.52 Å². The molecule has 0 atom stereocenters. The fraction of sp³-hybridized carbons (Fsp3) is 0.455. The van der Waals surface area contributed by atoms with Crippen LogP contribution in [0.2, 0.25) is 0 Å². The number of nitrogens with zero attached hydrogens (tertiary/aromatic N) is 4. The zero-order valence-electron chi connectivity index (χ0n) is 16.7. The molecular weight excluding hydrogens is 393 g/mol. The minimum absolute atomic E-state index is 0.0970. The topological polar surface area (TPSA) is 60.7 Å². The van der Waals surface area contributed by atoms with Crippen LogP contribution in [0.4, 0.5) is 13.2 Å². The first-order valence-electron chi connectivity index (χ1n) is 10.3. The van der Waals surface area contributed by atoms with Crippen molar-refractivity contribution >= 4 is 11.2 Å². The van der Waals surface area contributed by atoms with Gasteiger partial charge in [0.2, 0.25) is 0 Å². The van der Waals surface area contributed by atoms with E-state index in [1.165, 1.54) is 16.8 Å². The minimum atomic E-state index is -4.55. The average molecular weight is 416 g/mol. The summed E-state index contributed by atoms with van der Waals surface area (Å²) < 4.78 is 41.7. The van der Waals surface area contributed by atoms with Crippen LogP contribution in [0.3, 0.4) is 0 Å². The second kappa shape index (κ2) is 8.16. The van der Waals surface area contributed by atoms with E-state index in [1.54, 1.807) is 12.3 Å². The molecule has 3 aromatic heterocycles. The molecule has 0 N–H and O–H groups in total. The zero-order valence-corrected chi connectivity index (χ0v) is 16.7. The van der Waals surface area contributed by atoms with Crippen LogP contribution in [0.5, 0.6) is 0 Å². The fourth-order valence-electron chi connectivity index (χ4n) is 4.20. The molecule has 0 unspecified atom stereocenters. The maximum atomic E-state index is 13.5. The number of hydrogen-bond acceptors (Lipinski definition) is 4. The summed E-state index contributed by atoms with van der Waals surface area (Å²) in [5.74, 6) is 0.0970. The summed E-state index contributed by atoms with van der Waals surface area (Å²) in [7, 11) is 0. The van der Waals surface area contributed by atoms with Gasteiger partial charge in [-0.25, -0.2) is 9.97 Å². The van der Waals surface area contributed by atoms with E-state index in [0.717, 1.165) is 43.9 Å². The molecule has 0 bridgehead atoms. The van der Waals surface area contributed by atoms with E-state index in [9.17, 15) is 18.0 Å². The van der Waals surface area contributed by atoms with E-state index in [0.29, 0.717) is 17.5 Å². The van der Waals surface area contributed by atoms with E-state index < -0.39 is 11.7 Å². The van der Waals surface area contributed by atoms with E-state index in [1.807, 2.05) is 6.92 Å². The molecule has 8 heteroatoms. The van der Waals surface area contributed by atoms with Crippen LogP contribution in [0, 0.1) is 0 Å². The third-order valence-corrected chi connectivity index (χ3v) is 5.78. The van der Waals surface area contributed by atoms with Crippen LogP contribution >= 0.6 is 0 Å². The van der Waals surface area contributed by atoms with Gasteiger partial charge in [0, 0.05) is 11.8 Å². The summed E-state index contributed by atoms with van der Waals surface area (Å²) in [6.45, 7) is 1.66. The molecule has 0 aromatic carbocycles. The van der Waals surface area contributed by atoms with Crippen LogP contribution in [0.1, 0.15) is 67.5 Å². The normalized spacial score (nSPS) is 15.6. The second-order valence-electron chi connectivity index (χ2n) is 7.75. The molecule has 1 saturated carbocycles. The predicted octanol–water partition coefficient (Wildman–Crippen LogP) is 4.86. The number of hydrogen-bond donors (Lipinski definition) is 0. The third-order valence-electron chi connectivity index (χ3n) is 5.78. The Morgan fingerprint density at radius 1 is 1.17 bits per heavy atom. The van der Waals surface area contributed by atoms with Crippen molar-refractivity contribution in [3.8, 4) is 0 Å². The van der Waals surface area contributed by atoms with Gasteiger partial charge in [-0.05, 0) is 43.4 Å². The van der Waals surface area contributed by atoms with Gasteiger partial charge in [0.25, 0.3) is 5.56 Å². The quantitative estimate of drug-likeness (QED) is 0.609. The Hall–Kier alpha value is -2.77. The Labute approximate surface area is 172 Å². The lowest BCUT2D eigenvalue weighted by atomic mass is 9.84. The van der Waals surface area contributed by atoms with E-state index in [-0.39, 0.29) is 29.4 Å². The van der Waals surface area contributed by atoms with Crippen LogP contribution in [-0.2, 0) is 19.1 Å². The molecule has 1 fully saturated rings. The van der Waals surface area contributed by atoms with Crippen molar-refractivity contribution in [2.75, 3.05) is 0 Å². The van der Waals surface area contributed by atoms with Crippen molar-refractivity contribution in [3.63, 3.8) is 0 Å². The standard InChI is InChI=1S/C22H23F3N4O/c1-2-15-12-27-20-18(28-15)11-16(14-7-4-3-5-8-14)21(30)29(20)13-19-17(22(23,24)25)9-6-10-26-19/h6,9-12,14H,2-5,7-8,13H2,1H3. The van der Waals surface area contributed by atoms with Crippen molar-refractivity contribution in [3.05, 3.63) is 63.5 Å². The van der Waals surface area contributed by atoms with Gasteiger partial charge in [0.15, 0.2) is 5.65 Å². The van der Waals surface area contributed by atoms with Crippen LogP contribution in [0.25, 0.3) is 11.2 Å². The van der Waals surface area contributed by atoms with Gasteiger partial charge in [-0.2, -0.15) is 13.2 Å². The summed E-state index contributed by atoms with van der Waals surface area (Å²) in [6, 6.07) is 4.03. The fourth-order valence-corrected chi connectivity index (χ4v) is 4.20. The van der Waals surface area contributed by atoms with Crippen molar-refractivity contribution in [2.45, 2.75) is 64.1 Å². The summed E-state index contributed by atoms with van der Waals surface area (Å²) in [5, 5.41) is 0. The molecule has 3 aromatic rings. The SMILES string of the molecule is CCc1cnc2c(cc(C3CCCCC3)c(=O)n2Cc2ncccc2C(F)(F)F)n1. The summed E-state index contributed by atoms with van der Waals surface area (Å²) >= 11 is 0. The number of aryl methyl sites for hydroxylation is 1. The molecule has 3 heterocycles. The highest BCUT2D eigenvalue weighted by atomic mass is 19.4. The molecule has 0 radical (unpaired) electrons. The average Bonchev–Trinajstić information content (AvgIpc) is 2.75. The molecule has 1 aliphatic rings. The van der Waals surface area contributed by atoms with Gasteiger partial charge in [0.05, 0.1) is 29.7 Å². The first kappa shape index (κ1) is 20.5. The first-order valence-corrected chi connectivity index (χ1v) is 10.3. The molecule has 5 nitrogen and oxygen atoms in total. The number of alkyl halides is 3. The first-order chi connectivity index (χ1) is 14.4. The molecule has 1 aliphatic carbocycles. The molecule has 0 saturated heterocycles. The Morgan fingerprint density at radius 2 is 1.93 bits per heavy atom. The lowest BCUT2D eigenvalue weighted by molar-refractivity contribution is -0.138. The number of pyridine rings is 2. The maximum absolute atomic E-state index is 13.5. The van der Waals surface area contributed by atoms with Crippen LogP contribution < -0.4 is 5.56 Å². The van der Waals surface area contributed by atoms with Crippen LogP contribution in [-0.4, -0.2) is 19.5 Å². The zero-order chi connectivity index (χ0) is 21.3. The monoisotopic (exact) mass is 416 g/mol. The smallest absolute Gasteiger partial charge is 0.285 e. The van der Waals surface area contributed by atoms with Gasteiger partial charge in [-0.15, -0.1) is 0 Å². The number of halogens is 3. The molecule has 0 spiro atoms. The largest absolute Gasteiger partial charge is 0.418 e. The molecule has 30 heavy (non-hydrogen) atoms. The molecule has 0 amide bonds. The Bertz CT molecular complexity index is 1120. The Balaban J connectivity index is 1.90. The molecule has 4 rings (SSSR count). The van der Waals surface area contributed by atoms with E-state index in [4.69, 9.17) is 0 Å². The van der Waals surface area contributed by atoms with Crippen molar-refractivity contribution in [1.82, 2.24) is 19.5 Å². The number of fused-ring (bicyclic) bond motifs is 1. The summed E-state index contributed by atoms with van der Waals surface area (Å²) in [6.07, 6.45) is 4.04. The van der Waals surface area contributed by atoms with Crippen molar-refractivity contribution in [1.29, 1.82) is 0 Å². The Kier molecular flexibility index (Phi) is 5.58. The third kappa shape index (κ3) is 3.95. The number of rotatable bonds is 4. The second-order valence-corrected chi connectivity index (χ2v) is 7.75. The lowest BCUT2D eigenvalue weighted by Crippen LogP contribution is -2.29. The molecule has 0 aliphatic heterocycles. The molecular formula is C22H23F3N4O. The maximum Gasteiger partial charge on any atom is 0.418 e. The van der Waals surface area contributed by atoms with E-state index >= 15 is 0 Å². The highest BCUT2D eigenvalue weighted by Crippen LogP contribution is 2.33. The Morgan fingerprint density at radius 3 is 2.63 bits per heavy atom. The van der Waals surface area contributed by atoms with Gasteiger partial charge in [-0.3, -0.25) is 14.3 Å². The van der Waals surface area contributed by atoms with Gasteiger partial charge < -0.3 is 0 Å².